The summed E-state index contributed by atoms with van der Waals surface area (Å²) in [5.41, 5.74) is 1.79. The first-order valence-electron chi connectivity index (χ1n) is 7.70. The number of nitro benzene ring substituents is 1. The molecule has 0 unspecified atom stereocenters. The smallest absolute Gasteiger partial charge is 0.274 e. The fraction of sp³-hybridized carbons (Fsp3) is 0.118. The summed E-state index contributed by atoms with van der Waals surface area (Å²) >= 11 is 4.67. The number of benzene rings is 2. The number of hydrogen-bond donors (Lipinski definition) is 2. The van der Waals surface area contributed by atoms with E-state index in [1.807, 2.05) is 6.07 Å². The van der Waals surface area contributed by atoms with E-state index in [0.29, 0.717) is 16.7 Å². The summed E-state index contributed by atoms with van der Waals surface area (Å²) in [7, 11) is 0. The number of thioether (sulfide) groups is 1. The molecule has 0 fully saturated rings. The van der Waals surface area contributed by atoms with E-state index in [1.165, 1.54) is 23.9 Å². The quantitative estimate of drug-likeness (QED) is 0.309. The highest BCUT2D eigenvalue weighted by atomic mass is 79.9. The number of nitrogens with one attached hydrogen (secondary N) is 1. The van der Waals surface area contributed by atoms with Crippen LogP contribution in [-0.2, 0) is 10.5 Å². The van der Waals surface area contributed by atoms with Crippen molar-refractivity contribution < 1.29 is 14.8 Å². The van der Waals surface area contributed by atoms with E-state index in [1.54, 1.807) is 24.3 Å². The van der Waals surface area contributed by atoms with E-state index in [-0.39, 0.29) is 23.0 Å². The Labute approximate surface area is 166 Å². The number of hydrogen-bond acceptors (Lipinski definition) is 6. The Balaban J connectivity index is 1.59. The lowest BCUT2D eigenvalue weighted by atomic mass is 10.2. The highest BCUT2D eigenvalue weighted by Crippen LogP contribution is 2.36. The van der Waals surface area contributed by atoms with Crippen molar-refractivity contribution in [3.63, 3.8) is 0 Å². The molecule has 0 atom stereocenters. The molecule has 138 valence electrons. The summed E-state index contributed by atoms with van der Waals surface area (Å²) < 4.78 is 0.815. The topological polar surface area (TPSA) is 121 Å². The average Bonchev–Trinajstić information content (AvgIpc) is 2.95. The van der Waals surface area contributed by atoms with Crippen LogP contribution in [0.2, 0.25) is 0 Å². The molecule has 3 aromatic rings. The number of aromatic nitrogens is 1. The first-order valence-corrected chi connectivity index (χ1v) is 9.64. The van der Waals surface area contributed by atoms with Gasteiger partial charge in [0.2, 0.25) is 5.88 Å². The van der Waals surface area contributed by atoms with Gasteiger partial charge in [0.05, 0.1) is 16.2 Å². The van der Waals surface area contributed by atoms with Crippen LogP contribution in [0.25, 0.3) is 10.9 Å². The van der Waals surface area contributed by atoms with Gasteiger partial charge in [-0.05, 0) is 23.8 Å². The Morgan fingerprint density at radius 3 is 2.70 bits per heavy atom. The molecule has 1 heterocycles. The highest BCUT2D eigenvalue weighted by Gasteiger charge is 2.11. The van der Waals surface area contributed by atoms with E-state index in [4.69, 9.17) is 0 Å². The SMILES string of the molecule is O=C(CSCc1ccc([N+](=O)[O-])cc1)N=Nc1c(O)[nH]c2ccc(Br)cc12. The Morgan fingerprint density at radius 1 is 1.26 bits per heavy atom. The van der Waals surface area contributed by atoms with Crippen LogP contribution in [0.1, 0.15) is 5.56 Å². The van der Waals surface area contributed by atoms with Gasteiger partial charge in [-0.15, -0.1) is 22.0 Å². The number of carbonyl (C=O) groups is 1. The third-order valence-electron chi connectivity index (χ3n) is 3.62. The van der Waals surface area contributed by atoms with Crippen molar-refractivity contribution in [3.8, 4) is 5.88 Å². The largest absolute Gasteiger partial charge is 0.493 e. The van der Waals surface area contributed by atoms with Gasteiger partial charge in [0.1, 0.15) is 0 Å². The van der Waals surface area contributed by atoms with E-state index < -0.39 is 10.8 Å². The number of rotatable bonds is 6. The molecule has 3 rings (SSSR count). The lowest BCUT2D eigenvalue weighted by Gasteiger charge is -1.99. The van der Waals surface area contributed by atoms with Crippen LogP contribution in [0.5, 0.6) is 5.88 Å². The Kier molecular flexibility index (Phi) is 5.87. The maximum Gasteiger partial charge on any atom is 0.274 e. The van der Waals surface area contributed by atoms with Gasteiger partial charge >= 0.3 is 0 Å². The summed E-state index contributed by atoms with van der Waals surface area (Å²) in [5, 5.41) is 28.7. The molecule has 8 nitrogen and oxygen atoms in total. The van der Waals surface area contributed by atoms with Crippen LogP contribution in [-0.4, -0.2) is 26.7 Å². The monoisotopic (exact) mass is 448 g/mol. The summed E-state index contributed by atoms with van der Waals surface area (Å²) in [6.07, 6.45) is 0. The molecule has 0 aliphatic rings. The van der Waals surface area contributed by atoms with Gasteiger partial charge in [-0.2, -0.15) is 0 Å². The van der Waals surface area contributed by atoms with Crippen LogP contribution in [0.3, 0.4) is 0 Å². The van der Waals surface area contributed by atoms with Gasteiger partial charge in [0.15, 0.2) is 5.69 Å². The minimum absolute atomic E-state index is 0.0267. The van der Waals surface area contributed by atoms with Crippen molar-refractivity contribution in [2.75, 3.05) is 5.75 Å². The normalized spacial score (nSPS) is 11.3. The Hall–Kier alpha value is -2.72. The molecule has 1 amide bonds. The number of fused-ring (bicyclic) bond motifs is 1. The maximum atomic E-state index is 11.9. The van der Waals surface area contributed by atoms with Crippen molar-refractivity contribution in [2.45, 2.75) is 5.75 Å². The number of H-pyrrole nitrogens is 1. The first-order chi connectivity index (χ1) is 12.9. The minimum Gasteiger partial charge on any atom is -0.493 e. The number of nitro groups is 1. The molecular weight excluding hydrogens is 436 g/mol. The van der Waals surface area contributed by atoms with Gasteiger partial charge in [0, 0.05) is 27.7 Å². The number of halogens is 1. The molecule has 0 spiro atoms. The lowest BCUT2D eigenvalue weighted by Crippen LogP contribution is -1.96. The summed E-state index contributed by atoms with van der Waals surface area (Å²) in [6, 6.07) is 11.5. The molecule has 0 saturated heterocycles. The van der Waals surface area contributed by atoms with Crippen molar-refractivity contribution in [3.05, 3.63) is 62.6 Å². The molecule has 2 aromatic carbocycles. The fourth-order valence-electron chi connectivity index (χ4n) is 2.34. The molecule has 27 heavy (non-hydrogen) atoms. The Bertz CT molecular complexity index is 1030. The molecule has 0 saturated carbocycles. The first kappa shape index (κ1) is 19.1. The van der Waals surface area contributed by atoms with Crippen molar-refractivity contribution in [1.82, 2.24) is 4.98 Å². The third-order valence-corrected chi connectivity index (χ3v) is 5.10. The molecule has 1 aromatic heterocycles. The van der Waals surface area contributed by atoms with E-state index in [2.05, 4.69) is 31.1 Å². The summed E-state index contributed by atoms with van der Waals surface area (Å²) in [6.45, 7) is 0. The predicted molar refractivity (Wildman–Crippen MR) is 106 cm³/mol. The molecule has 10 heteroatoms. The Morgan fingerprint density at radius 2 is 2.00 bits per heavy atom. The zero-order valence-corrected chi connectivity index (χ0v) is 16.2. The molecule has 2 N–H and O–H groups in total. The van der Waals surface area contributed by atoms with E-state index in [0.717, 1.165) is 10.0 Å². The summed E-state index contributed by atoms with van der Waals surface area (Å²) in [4.78, 5) is 24.8. The van der Waals surface area contributed by atoms with Gasteiger partial charge in [0.25, 0.3) is 11.6 Å². The average molecular weight is 449 g/mol. The molecule has 0 aliphatic heterocycles. The van der Waals surface area contributed by atoms with Crippen LogP contribution in [0.15, 0.2) is 57.2 Å². The summed E-state index contributed by atoms with van der Waals surface area (Å²) in [5.74, 6) is 0.0292. The number of aromatic amines is 1. The molecular formula is C17H13BrN4O4S. The number of azo groups is 1. The second kappa shape index (κ2) is 8.31. The van der Waals surface area contributed by atoms with Gasteiger partial charge in [-0.1, -0.05) is 28.1 Å². The predicted octanol–water partition coefficient (Wildman–Crippen LogP) is 5.09. The van der Waals surface area contributed by atoms with Crippen LogP contribution < -0.4 is 0 Å². The lowest BCUT2D eigenvalue weighted by molar-refractivity contribution is -0.384. The number of aromatic hydroxyl groups is 1. The molecule has 0 bridgehead atoms. The van der Waals surface area contributed by atoms with Crippen LogP contribution in [0, 0.1) is 10.1 Å². The number of nitrogens with zero attached hydrogens (tertiary/aromatic N) is 3. The van der Waals surface area contributed by atoms with E-state index in [9.17, 15) is 20.0 Å². The minimum atomic E-state index is -0.459. The zero-order chi connectivity index (χ0) is 19.4. The fourth-order valence-corrected chi connectivity index (χ4v) is 3.47. The second-order valence-corrected chi connectivity index (χ2v) is 7.42. The highest BCUT2D eigenvalue weighted by molar-refractivity contribution is 9.10. The van der Waals surface area contributed by atoms with Crippen molar-refractivity contribution in [2.24, 2.45) is 10.2 Å². The molecule has 0 aliphatic carbocycles. The van der Waals surface area contributed by atoms with Gasteiger partial charge in [-0.3, -0.25) is 14.9 Å². The van der Waals surface area contributed by atoms with Gasteiger partial charge in [-0.25, -0.2) is 0 Å². The van der Waals surface area contributed by atoms with Crippen molar-refractivity contribution in [1.29, 1.82) is 0 Å². The maximum absolute atomic E-state index is 11.9. The van der Waals surface area contributed by atoms with Gasteiger partial charge < -0.3 is 10.1 Å². The standard InChI is InChI=1S/C17H13BrN4O4S/c18-11-3-6-14-13(7-11)16(17(24)19-14)21-20-15(23)9-27-8-10-1-4-12(5-2-10)22(25)26/h1-7,19,24H,8-9H2. The number of carbonyl (C=O) groups excluding carboxylic acids is 1. The number of non-ortho nitro benzene ring substituents is 1. The van der Waals surface area contributed by atoms with Crippen LogP contribution >= 0.6 is 27.7 Å². The van der Waals surface area contributed by atoms with E-state index >= 15 is 0 Å². The van der Waals surface area contributed by atoms with Crippen LogP contribution in [0.4, 0.5) is 11.4 Å². The number of amides is 1. The van der Waals surface area contributed by atoms with Crippen molar-refractivity contribution >= 4 is 55.9 Å². The third kappa shape index (κ3) is 4.72. The molecule has 0 radical (unpaired) electrons. The zero-order valence-electron chi connectivity index (χ0n) is 13.8. The second-order valence-electron chi connectivity index (χ2n) is 5.52.